The smallest absolute Gasteiger partial charge is 0.340 e. The van der Waals surface area contributed by atoms with Gasteiger partial charge in [-0.25, -0.2) is 13.2 Å². The summed E-state index contributed by atoms with van der Waals surface area (Å²) in [6.07, 6.45) is 4.97. The molecule has 2 aromatic carbocycles. The fraction of sp³-hybridized carbons (Fsp3) is 0.391. The number of hydroxylamine groups is 1. The lowest BCUT2D eigenvalue weighted by molar-refractivity contribution is -0.122. The van der Waals surface area contributed by atoms with Crippen molar-refractivity contribution in [2.75, 3.05) is 25.7 Å². The molecule has 0 bridgehead atoms. The zero-order valence-corrected chi connectivity index (χ0v) is 20.1. The summed E-state index contributed by atoms with van der Waals surface area (Å²) in [6.45, 7) is -0.491. The first-order valence-corrected chi connectivity index (χ1v) is 12.4. The van der Waals surface area contributed by atoms with Crippen LogP contribution in [0.25, 0.3) is 0 Å². The van der Waals surface area contributed by atoms with Crippen LogP contribution in [0.4, 0.5) is 5.69 Å². The average Bonchev–Trinajstić information content (AvgIpc) is 2.83. The third-order valence-corrected chi connectivity index (χ3v) is 7.63. The number of carbonyl (C=O) groups excluding carboxylic acids is 2. The van der Waals surface area contributed by atoms with Crippen LogP contribution in [0.5, 0.6) is 0 Å². The molecule has 1 saturated carbocycles. The number of rotatable bonds is 8. The Hall–Kier alpha value is -2.46. The van der Waals surface area contributed by atoms with Crippen molar-refractivity contribution in [2.45, 2.75) is 43.0 Å². The van der Waals surface area contributed by atoms with Gasteiger partial charge in [-0.3, -0.25) is 9.63 Å². The normalized spacial score (nSPS) is 14.8. The molecule has 0 aromatic heterocycles. The van der Waals surface area contributed by atoms with Crippen LogP contribution in [0.3, 0.4) is 0 Å². The Morgan fingerprint density at radius 3 is 2.36 bits per heavy atom. The van der Waals surface area contributed by atoms with Crippen molar-refractivity contribution in [1.82, 2.24) is 4.47 Å². The van der Waals surface area contributed by atoms with Crippen molar-refractivity contribution in [3.8, 4) is 0 Å². The average molecular weight is 495 g/mol. The van der Waals surface area contributed by atoms with Crippen LogP contribution in [0.15, 0.2) is 53.4 Å². The standard InChI is InChI=1S/C23H27ClN2O6S/c1-25(31-2)33(29,30)19-13-14-21(24)20(15-19)23(28)32-16-22(27)26(17-9-5-3-6-10-17)18-11-7-4-8-12-18/h3,5-6,9-10,13-15,18H,4,7-8,11-12,16H2,1-2H3. The Bertz CT molecular complexity index is 1090. The van der Waals surface area contributed by atoms with E-state index in [1.54, 1.807) is 4.90 Å². The second-order valence-electron chi connectivity index (χ2n) is 7.71. The third kappa shape index (κ3) is 5.92. The number of ether oxygens (including phenoxy) is 1. The lowest BCUT2D eigenvalue weighted by atomic mass is 9.93. The summed E-state index contributed by atoms with van der Waals surface area (Å²) >= 11 is 6.11. The highest BCUT2D eigenvalue weighted by Crippen LogP contribution is 2.28. The molecule has 2 aromatic rings. The van der Waals surface area contributed by atoms with E-state index in [9.17, 15) is 18.0 Å². The van der Waals surface area contributed by atoms with Gasteiger partial charge in [0.2, 0.25) is 0 Å². The number of hydrogen-bond donors (Lipinski definition) is 0. The fourth-order valence-corrected chi connectivity index (χ4v) is 5.02. The van der Waals surface area contributed by atoms with Crippen molar-refractivity contribution in [3.05, 3.63) is 59.1 Å². The van der Waals surface area contributed by atoms with Crippen molar-refractivity contribution in [2.24, 2.45) is 0 Å². The molecule has 1 aliphatic rings. The summed E-state index contributed by atoms with van der Waals surface area (Å²) < 4.78 is 30.9. The van der Waals surface area contributed by atoms with Crippen LogP contribution in [-0.2, 0) is 24.4 Å². The Morgan fingerprint density at radius 1 is 1.06 bits per heavy atom. The van der Waals surface area contributed by atoms with Gasteiger partial charge in [-0.2, -0.15) is 0 Å². The number of sulfonamides is 1. The van der Waals surface area contributed by atoms with Crippen molar-refractivity contribution in [1.29, 1.82) is 0 Å². The SMILES string of the molecule is CON(C)S(=O)(=O)c1ccc(Cl)c(C(=O)OCC(=O)N(c2ccccc2)C2CCCCC2)c1. The molecule has 0 N–H and O–H groups in total. The number of nitrogens with zero attached hydrogens (tertiary/aromatic N) is 2. The van der Waals surface area contributed by atoms with Gasteiger partial charge in [-0.1, -0.05) is 53.5 Å². The van der Waals surface area contributed by atoms with E-state index in [1.165, 1.54) is 26.3 Å². The van der Waals surface area contributed by atoms with E-state index in [0.29, 0.717) is 4.47 Å². The van der Waals surface area contributed by atoms with E-state index in [1.807, 2.05) is 30.3 Å². The van der Waals surface area contributed by atoms with Gasteiger partial charge >= 0.3 is 5.97 Å². The number of carbonyl (C=O) groups is 2. The number of esters is 1. The van der Waals surface area contributed by atoms with Crippen molar-refractivity contribution in [3.63, 3.8) is 0 Å². The Morgan fingerprint density at radius 2 is 1.73 bits per heavy atom. The first-order valence-electron chi connectivity index (χ1n) is 10.6. The molecule has 0 spiro atoms. The van der Waals surface area contributed by atoms with E-state index >= 15 is 0 Å². The highest BCUT2D eigenvalue weighted by atomic mass is 35.5. The quantitative estimate of drug-likeness (QED) is 0.406. The molecular formula is C23H27ClN2O6S. The molecule has 0 radical (unpaired) electrons. The van der Waals surface area contributed by atoms with E-state index < -0.39 is 22.6 Å². The first kappa shape index (κ1) is 25.2. The van der Waals surface area contributed by atoms with Gasteiger partial charge in [0.1, 0.15) is 0 Å². The highest BCUT2D eigenvalue weighted by molar-refractivity contribution is 7.89. The summed E-state index contributed by atoms with van der Waals surface area (Å²) in [5.74, 6) is -1.23. The predicted molar refractivity (Wildman–Crippen MR) is 124 cm³/mol. The topological polar surface area (TPSA) is 93.2 Å². The Labute approximate surface area is 199 Å². The maximum atomic E-state index is 13.1. The molecule has 1 amide bonds. The summed E-state index contributed by atoms with van der Waals surface area (Å²) in [5.41, 5.74) is 0.596. The number of anilines is 1. The summed E-state index contributed by atoms with van der Waals surface area (Å²) in [7, 11) is -1.55. The Kier molecular flexibility index (Phi) is 8.47. The van der Waals surface area contributed by atoms with Crippen LogP contribution in [0.2, 0.25) is 5.02 Å². The van der Waals surface area contributed by atoms with E-state index in [4.69, 9.17) is 21.2 Å². The zero-order chi connectivity index (χ0) is 24.0. The van der Waals surface area contributed by atoms with Gasteiger partial charge < -0.3 is 9.64 Å². The number of para-hydroxylation sites is 1. The van der Waals surface area contributed by atoms with E-state index in [-0.39, 0.29) is 27.4 Å². The molecule has 8 nitrogen and oxygen atoms in total. The number of hydrogen-bond acceptors (Lipinski definition) is 6. The molecule has 3 rings (SSSR count). The monoisotopic (exact) mass is 494 g/mol. The fourth-order valence-electron chi connectivity index (χ4n) is 3.83. The summed E-state index contributed by atoms with van der Waals surface area (Å²) in [6, 6.07) is 13.0. The minimum atomic E-state index is -3.99. The molecule has 0 unspecified atom stereocenters. The molecule has 178 valence electrons. The predicted octanol–water partition coefficient (Wildman–Crippen LogP) is 4.04. The zero-order valence-electron chi connectivity index (χ0n) is 18.6. The maximum absolute atomic E-state index is 13.1. The maximum Gasteiger partial charge on any atom is 0.340 e. The minimum Gasteiger partial charge on any atom is -0.452 e. The molecule has 0 heterocycles. The van der Waals surface area contributed by atoms with Gasteiger partial charge in [-0.15, -0.1) is 0 Å². The van der Waals surface area contributed by atoms with Crippen LogP contribution in [0, 0.1) is 0 Å². The van der Waals surface area contributed by atoms with Crippen LogP contribution in [-0.4, -0.2) is 51.6 Å². The molecular weight excluding hydrogens is 468 g/mol. The lowest BCUT2D eigenvalue weighted by Crippen LogP contribution is -2.43. The second kappa shape index (κ2) is 11.1. The van der Waals surface area contributed by atoms with E-state index in [2.05, 4.69) is 0 Å². The number of benzene rings is 2. The van der Waals surface area contributed by atoms with Gasteiger partial charge in [0.05, 0.1) is 22.6 Å². The van der Waals surface area contributed by atoms with Gasteiger partial charge in [-0.05, 0) is 43.2 Å². The van der Waals surface area contributed by atoms with E-state index in [0.717, 1.165) is 43.9 Å². The summed E-state index contributed by atoms with van der Waals surface area (Å²) in [5, 5.41) is 0.0127. The highest BCUT2D eigenvalue weighted by Gasteiger charge is 2.28. The lowest BCUT2D eigenvalue weighted by Gasteiger charge is -2.34. The van der Waals surface area contributed by atoms with Gasteiger partial charge in [0, 0.05) is 18.8 Å². The largest absolute Gasteiger partial charge is 0.452 e. The molecule has 0 aliphatic heterocycles. The molecule has 10 heteroatoms. The van der Waals surface area contributed by atoms with Gasteiger partial charge in [0.25, 0.3) is 15.9 Å². The molecule has 0 saturated heterocycles. The van der Waals surface area contributed by atoms with Crippen LogP contribution < -0.4 is 4.90 Å². The minimum absolute atomic E-state index is 0.0127. The third-order valence-electron chi connectivity index (χ3n) is 5.62. The van der Waals surface area contributed by atoms with Crippen molar-refractivity contribution >= 4 is 39.2 Å². The van der Waals surface area contributed by atoms with Crippen molar-refractivity contribution < 1.29 is 27.6 Å². The van der Waals surface area contributed by atoms with Crippen LogP contribution >= 0.6 is 11.6 Å². The number of amides is 1. The molecule has 33 heavy (non-hydrogen) atoms. The van der Waals surface area contributed by atoms with Crippen LogP contribution in [0.1, 0.15) is 42.5 Å². The second-order valence-corrected chi connectivity index (χ2v) is 10.0. The Balaban J connectivity index is 1.77. The number of halogens is 1. The summed E-state index contributed by atoms with van der Waals surface area (Å²) in [4.78, 5) is 32.1. The first-order chi connectivity index (χ1) is 15.8. The molecule has 1 aliphatic carbocycles. The van der Waals surface area contributed by atoms with Gasteiger partial charge in [0.15, 0.2) is 6.61 Å². The molecule has 0 atom stereocenters. The molecule has 1 fully saturated rings.